The lowest BCUT2D eigenvalue weighted by Crippen LogP contribution is -2.39. The van der Waals surface area contributed by atoms with Crippen LogP contribution in [0.5, 0.6) is 11.5 Å². The highest BCUT2D eigenvalue weighted by Gasteiger charge is 2.24. The molecule has 1 aliphatic heterocycles. The van der Waals surface area contributed by atoms with Gasteiger partial charge in [-0.25, -0.2) is 13.4 Å². The van der Waals surface area contributed by atoms with Crippen molar-refractivity contribution < 1.29 is 27.4 Å². The van der Waals surface area contributed by atoms with Crippen LogP contribution in [0.2, 0.25) is 0 Å². The summed E-state index contributed by atoms with van der Waals surface area (Å²) in [5, 5.41) is 0.532. The average Bonchev–Trinajstić information content (AvgIpc) is 3.36. The lowest BCUT2D eigenvalue weighted by Gasteiger charge is -2.27. The standard InChI is InChI=1S/C25H31N3O6S2/c1-4-36(30,31)19-8-6-18(7-9-19)24(29)28(13-5-12-27-14-16-34-17-15-27)25-26-22-20(32-2)10-11-21(33-3)23(22)35-25/h6-11H,4-5,12-17H2,1-3H3. The van der Waals surface area contributed by atoms with Crippen LogP contribution in [-0.2, 0) is 14.6 Å². The maximum absolute atomic E-state index is 13.7. The fourth-order valence-electron chi connectivity index (χ4n) is 4.08. The molecule has 4 rings (SSSR count). The van der Waals surface area contributed by atoms with E-state index in [9.17, 15) is 13.2 Å². The van der Waals surface area contributed by atoms with E-state index < -0.39 is 9.84 Å². The number of fused-ring (bicyclic) bond motifs is 1. The minimum atomic E-state index is -3.35. The molecule has 1 aromatic heterocycles. The van der Waals surface area contributed by atoms with E-state index in [1.807, 2.05) is 6.07 Å². The molecule has 194 valence electrons. The molecule has 1 fully saturated rings. The predicted molar refractivity (Wildman–Crippen MR) is 140 cm³/mol. The first-order valence-electron chi connectivity index (χ1n) is 11.8. The number of carbonyl (C=O) groups excluding carboxylic acids is 1. The van der Waals surface area contributed by atoms with Crippen molar-refractivity contribution in [1.82, 2.24) is 9.88 Å². The van der Waals surface area contributed by atoms with Gasteiger partial charge in [0.25, 0.3) is 5.91 Å². The van der Waals surface area contributed by atoms with Crippen molar-refractivity contribution in [2.45, 2.75) is 18.2 Å². The van der Waals surface area contributed by atoms with Crippen LogP contribution in [0.3, 0.4) is 0 Å². The van der Waals surface area contributed by atoms with E-state index in [1.165, 1.54) is 23.5 Å². The van der Waals surface area contributed by atoms with Crippen LogP contribution in [0.25, 0.3) is 10.2 Å². The molecule has 0 radical (unpaired) electrons. The third-order valence-corrected chi connectivity index (χ3v) is 9.02. The molecule has 2 heterocycles. The van der Waals surface area contributed by atoms with Crippen LogP contribution < -0.4 is 14.4 Å². The van der Waals surface area contributed by atoms with Gasteiger partial charge in [-0.15, -0.1) is 0 Å². The van der Waals surface area contributed by atoms with Crippen molar-refractivity contribution in [1.29, 1.82) is 0 Å². The van der Waals surface area contributed by atoms with Crippen molar-refractivity contribution in [2.24, 2.45) is 0 Å². The molecule has 1 amide bonds. The zero-order chi connectivity index (χ0) is 25.7. The number of sulfone groups is 1. The van der Waals surface area contributed by atoms with E-state index in [4.69, 9.17) is 19.2 Å². The summed E-state index contributed by atoms with van der Waals surface area (Å²) in [4.78, 5) is 22.6. The summed E-state index contributed by atoms with van der Waals surface area (Å²) in [7, 11) is -0.175. The minimum absolute atomic E-state index is 0.00330. The molecular formula is C25H31N3O6S2. The van der Waals surface area contributed by atoms with Gasteiger partial charge in [0, 0.05) is 31.7 Å². The SMILES string of the molecule is CCS(=O)(=O)c1ccc(C(=O)N(CCCN2CCOCC2)c2nc3c(OC)ccc(OC)c3s2)cc1. The molecule has 1 aliphatic rings. The zero-order valence-electron chi connectivity index (χ0n) is 20.7. The Kier molecular flexibility index (Phi) is 8.45. The zero-order valence-corrected chi connectivity index (χ0v) is 22.4. The van der Waals surface area contributed by atoms with Crippen molar-refractivity contribution >= 4 is 42.4 Å². The third kappa shape index (κ3) is 5.64. The Hall–Kier alpha value is -2.73. The maximum Gasteiger partial charge on any atom is 0.260 e. The van der Waals surface area contributed by atoms with E-state index in [0.29, 0.717) is 47.5 Å². The van der Waals surface area contributed by atoms with Gasteiger partial charge in [-0.3, -0.25) is 14.6 Å². The van der Waals surface area contributed by atoms with Crippen LogP contribution in [0.4, 0.5) is 5.13 Å². The van der Waals surface area contributed by atoms with Gasteiger partial charge in [0.2, 0.25) is 0 Å². The number of nitrogens with zero attached hydrogens (tertiary/aromatic N) is 3. The van der Waals surface area contributed by atoms with E-state index in [2.05, 4.69) is 4.90 Å². The number of thiazole rings is 1. The first-order valence-corrected chi connectivity index (χ1v) is 14.3. The molecule has 11 heteroatoms. The van der Waals surface area contributed by atoms with Crippen LogP contribution in [0.1, 0.15) is 23.7 Å². The summed E-state index contributed by atoms with van der Waals surface area (Å²) >= 11 is 1.37. The minimum Gasteiger partial charge on any atom is -0.495 e. The Bertz CT molecular complexity index is 1260. The normalized spacial score (nSPS) is 14.6. The van der Waals surface area contributed by atoms with Gasteiger partial charge < -0.3 is 14.2 Å². The molecular weight excluding hydrogens is 502 g/mol. The molecule has 0 unspecified atom stereocenters. The van der Waals surface area contributed by atoms with E-state index >= 15 is 0 Å². The molecule has 0 atom stereocenters. The van der Waals surface area contributed by atoms with Gasteiger partial charge in [-0.1, -0.05) is 18.3 Å². The number of aromatic nitrogens is 1. The summed E-state index contributed by atoms with van der Waals surface area (Å²) in [5.41, 5.74) is 1.03. The fraction of sp³-hybridized carbons (Fsp3) is 0.440. The van der Waals surface area contributed by atoms with Gasteiger partial charge >= 0.3 is 0 Å². The van der Waals surface area contributed by atoms with Crippen molar-refractivity contribution in [3.05, 3.63) is 42.0 Å². The number of rotatable bonds is 10. The summed E-state index contributed by atoms with van der Waals surface area (Å²) in [6.45, 7) is 6.06. The van der Waals surface area contributed by atoms with Gasteiger partial charge in [0.15, 0.2) is 15.0 Å². The molecule has 0 saturated carbocycles. The Morgan fingerprint density at radius 3 is 2.39 bits per heavy atom. The molecule has 9 nitrogen and oxygen atoms in total. The number of anilines is 1. The molecule has 2 aromatic carbocycles. The summed E-state index contributed by atoms with van der Waals surface area (Å²) in [6, 6.07) is 9.72. The summed E-state index contributed by atoms with van der Waals surface area (Å²) in [5.74, 6) is 1.02. The highest BCUT2D eigenvalue weighted by molar-refractivity contribution is 7.91. The van der Waals surface area contributed by atoms with Gasteiger partial charge in [0.1, 0.15) is 21.7 Å². The number of carbonyl (C=O) groups is 1. The molecule has 0 N–H and O–H groups in total. The van der Waals surface area contributed by atoms with Crippen LogP contribution in [0, 0.1) is 0 Å². The second-order valence-corrected chi connectivity index (χ2v) is 11.6. The molecule has 0 spiro atoms. The number of hydrogen-bond donors (Lipinski definition) is 0. The number of methoxy groups -OCH3 is 2. The smallest absolute Gasteiger partial charge is 0.260 e. The van der Waals surface area contributed by atoms with Gasteiger partial charge in [-0.2, -0.15) is 0 Å². The largest absolute Gasteiger partial charge is 0.495 e. The molecule has 0 aliphatic carbocycles. The number of amides is 1. The molecule has 3 aromatic rings. The van der Waals surface area contributed by atoms with Crippen LogP contribution >= 0.6 is 11.3 Å². The fourth-order valence-corrected chi connectivity index (χ4v) is 6.06. The van der Waals surface area contributed by atoms with E-state index in [0.717, 1.165) is 30.8 Å². The lowest BCUT2D eigenvalue weighted by atomic mass is 10.2. The highest BCUT2D eigenvalue weighted by atomic mass is 32.2. The second-order valence-electron chi connectivity index (χ2n) is 8.34. The Labute approximate surface area is 215 Å². The Balaban J connectivity index is 1.66. The average molecular weight is 534 g/mol. The lowest BCUT2D eigenvalue weighted by molar-refractivity contribution is 0.0376. The highest BCUT2D eigenvalue weighted by Crippen LogP contribution is 2.40. The summed E-state index contributed by atoms with van der Waals surface area (Å²) < 4.78 is 41.6. The Morgan fingerprint density at radius 1 is 1.08 bits per heavy atom. The summed E-state index contributed by atoms with van der Waals surface area (Å²) in [6.07, 6.45) is 0.748. The van der Waals surface area contributed by atoms with Crippen molar-refractivity contribution in [2.75, 3.05) is 64.3 Å². The molecule has 0 bridgehead atoms. The Morgan fingerprint density at radius 2 is 1.75 bits per heavy atom. The van der Waals surface area contributed by atoms with Crippen molar-refractivity contribution in [3.63, 3.8) is 0 Å². The third-order valence-electron chi connectivity index (χ3n) is 6.18. The topological polar surface area (TPSA) is 98.3 Å². The quantitative estimate of drug-likeness (QED) is 0.391. The maximum atomic E-state index is 13.7. The monoisotopic (exact) mass is 533 g/mol. The van der Waals surface area contributed by atoms with Gasteiger partial charge in [0.05, 0.1) is 38.1 Å². The number of morpholine rings is 1. The van der Waals surface area contributed by atoms with Crippen molar-refractivity contribution in [3.8, 4) is 11.5 Å². The van der Waals surface area contributed by atoms with E-state index in [-0.39, 0.29) is 16.6 Å². The molecule has 1 saturated heterocycles. The number of hydrogen-bond acceptors (Lipinski definition) is 9. The first-order chi connectivity index (χ1) is 17.4. The second kappa shape index (κ2) is 11.5. The van der Waals surface area contributed by atoms with Crippen LogP contribution in [-0.4, -0.2) is 83.6 Å². The van der Waals surface area contributed by atoms with Gasteiger partial charge in [-0.05, 0) is 42.8 Å². The number of benzene rings is 2. The molecule has 36 heavy (non-hydrogen) atoms. The van der Waals surface area contributed by atoms with Crippen LogP contribution in [0.15, 0.2) is 41.3 Å². The first kappa shape index (κ1) is 26.3. The van der Waals surface area contributed by atoms with E-state index in [1.54, 1.807) is 44.2 Å². The number of ether oxygens (including phenoxy) is 3. The predicted octanol–water partition coefficient (Wildman–Crippen LogP) is 3.48.